The first-order chi connectivity index (χ1) is 7.18. The van der Waals surface area contributed by atoms with Gasteiger partial charge in [-0.2, -0.15) is 0 Å². The Bertz CT molecular complexity index is 510. The lowest BCUT2D eigenvalue weighted by molar-refractivity contribution is -0.112. The summed E-state index contributed by atoms with van der Waals surface area (Å²) < 4.78 is 0. The number of benzene rings is 2. The molecular formula is C12H10ClNO. The fraction of sp³-hybridized carbons (Fsp3) is 0.0833. The molecule has 1 atom stereocenters. The molecular weight excluding hydrogens is 210 g/mol. The molecule has 0 bridgehead atoms. The van der Waals surface area contributed by atoms with E-state index in [2.05, 4.69) is 0 Å². The van der Waals surface area contributed by atoms with Gasteiger partial charge in [0.2, 0.25) is 5.24 Å². The zero-order valence-electron chi connectivity index (χ0n) is 7.98. The first-order valence-corrected chi connectivity index (χ1v) is 5.00. The number of nitrogens with two attached hydrogens (primary N) is 1. The fourth-order valence-corrected chi connectivity index (χ4v) is 1.66. The van der Waals surface area contributed by atoms with E-state index in [9.17, 15) is 4.79 Å². The zero-order chi connectivity index (χ0) is 10.8. The predicted molar refractivity (Wildman–Crippen MR) is 61.7 cm³/mol. The van der Waals surface area contributed by atoms with Crippen LogP contribution in [0.4, 0.5) is 0 Å². The average molecular weight is 220 g/mol. The van der Waals surface area contributed by atoms with E-state index < -0.39 is 11.3 Å². The Morgan fingerprint density at radius 2 is 1.80 bits per heavy atom. The third-order valence-corrected chi connectivity index (χ3v) is 2.61. The van der Waals surface area contributed by atoms with Gasteiger partial charge in [-0.1, -0.05) is 36.4 Å². The van der Waals surface area contributed by atoms with Crippen molar-refractivity contribution >= 4 is 27.6 Å². The highest BCUT2D eigenvalue weighted by Crippen LogP contribution is 2.20. The lowest BCUT2D eigenvalue weighted by atomic mass is 10.0. The maximum absolute atomic E-state index is 10.9. The molecule has 1 unspecified atom stereocenters. The molecule has 0 aliphatic heterocycles. The van der Waals surface area contributed by atoms with E-state index in [0.29, 0.717) is 0 Å². The number of fused-ring (bicyclic) bond motifs is 1. The van der Waals surface area contributed by atoms with Crippen LogP contribution in [-0.2, 0) is 4.79 Å². The van der Waals surface area contributed by atoms with E-state index >= 15 is 0 Å². The summed E-state index contributed by atoms with van der Waals surface area (Å²) in [6.45, 7) is 0. The molecule has 0 spiro atoms. The summed E-state index contributed by atoms with van der Waals surface area (Å²) in [5, 5.41) is 1.64. The van der Waals surface area contributed by atoms with Gasteiger partial charge in [-0.05, 0) is 34.0 Å². The SMILES string of the molecule is NC(C(=O)Cl)c1ccc2ccccc2c1. The Balaban J connectivity index is 2.51. The van der Waals surface area contributed by atoms with E-state index in [1.807, 2.05) is 42.5 Å². The van der Waals surface area contributed by atoms with E-state index in [1.54, 1.807) is 0 Å². The van der Waals surface area contributed by atoms with Gasteiger partial charge < -0.3 is 5.73 Å². The van der Waals surface area contributed by atoms with Crippen molar-refractivity contribution in [3.63, 3.8) is 0 Å². The van der Waals surface area contributed by atoms with E-state index in [4.69, 9.17) is 17.3 Å². The van der Waals surface area contributed by atoms with Crippen molar-refractivity contribution in [2.75, 3.05) is 0 Å². The minimum Gasteiger partial charge on any atom is -0.317 e. The molecule has 0 saturated carbocycles. The van der Waals surface area contributed by atoms with Crippen molar-refractivity contribution in [2.45, 2.75) is 6.04 Å². The molecule has 2 aromatic carbocycles. The molecule has 0 saturated heterocycles. The van der Waals surface area contributed by atoms with Gasteiger partial charge in [0.05, 0.1) is 0 Å². The van der Waals surface area contributed by atoms with Gasteiger partial charge in [0.15, 0.2) is 0 Å². The molecule has 0 aliphatic rings. The number of hydrogen-bond acceptors (Lipinski definition) is 2. The topological polar surface area (TPSA) is 43.1 Å². The second kappa shape index (κ2) is 4.01. The molecule has 3 heteroatoms. The third-order valence-electron chi connectivity index (χ3n) is 2.38. The summed E-state index contributed by atoms with van der Waals surface area (Å²) in [6, 6.07) is 12.8. The molecule has 2 rings (SSSR count). The van der Waals surface area contributed by atoms with Crippen LogP contribution in [0.1, 0.15) is 11.6 Å². The molecule has 0 aromatic heterocycles. The van der Waals surface area contributed by atoms with Crippen molar-refractivity contribution < 1.29 is 4.79 Å². The smallest absolute Gasteiger partial charge is 0.242 e. The molecule has 0 radical (unpaired) electrons. The second-order valence-electron chi connectivity index (χ2n) is 3.39. The van der Waals surface area contributed by atoms with Crippen LogP contribution in [-0.4, -0.2) is 5.24 Å². The predicted octanol–water partition coefficient (Wildman–Crippen LogP) is 2.61. The second-order valence-corrected chi connectivity index (χ2v) is 3.76. The number of halogens is 1. The Kier molecular flexibility index (Phi) is 2.71. The standard InChI is InChI=1S/C12H10ClNO/c13-12(15)11(14)10-6-5-8-3-1-2-4-9(8)7-10/h1-7,11H,14H2. The van der Waals surface area contributed by atoms with Gasteiger partial charge in [-0.3, -0.25) is 4.79 Å². The van der Waals surface area contributed by atoms with Crippen LogP contribution in [0, 0.1) is 0 Å². The Hall–Kier alpha value is -1.38. The highest BCUT2D eigenvalue weighted by atomic mass is 35.5. The lowest BCUT2D eigenvalue weighted by Gasteiger charge is -2.07. The van der Waals surface area contributed by atoms with Crippen molar-refractivity contribution in [2.24, 2.45) is 5.73 Å². The number of hydrogen-bond donors (Lipinski definition) is 1. The maximum Gasteiger partial charge on any atom is 0.242 e. The van der Waals surface area contributed by atoms with E-state index in [1.165, 1.54) is 0 Å². The number of carbonyl (C=O) groups excluding carboxylic acids is 1. The summed E-state index contributed by atoms with van der Waals surface area (Å²) in [6.07, 6.45) is 0. The van der Waals surface area contributed by atoms with Gasteiger partial charge >= 0.3 is 0 Å². The minimum atomic E-state index is -0.740. The van der Waals surface area contributed by atoms with Gasteiger partial charge in [-0.15, -0.1) is 0 Å². The average Bonchev–Trinajstić information content (AvgIpc) is 2.27. The van der Waals surface area contributed by atoms with E-state index in [-0.39, 0.29) is 0 Å². The van der Waals surface area contributed by atoms with Crippen LogP contribution >= 0.6 is 11.6 Å². The van der Waals surface area contributed by atoms with Crippen molar-refractivity contribution in [1.29, 1.82) is 0 Å². The monoisotopic (exact) mass is 219 g/mol. The lowest BCUT2D eigenvalue weighted by Crippen LogP contribution is -2.16. The molecule has 0 aliphatic carbocycles. The van der Waals surface area contributed by atoms with Gasteiger partial charge in [0.25, 0.3) is 0 Å². The van der Waals surface area contributed by atoms with Crippen LogP contribution in [0.3, 0.4) is 0 Å². The first-order valence-electron chi connectivity index (χ1n) is 4.62. The van der Waals surface area contributed by atoms with Crippen LogP contribution in [0.25, 0.3) is 10.8 Å². The zero-order valence-corrected chi connectivity index (χ0v) is 8.74. The largest absolute Gasteiger partial charge is 0.317 e. The summed E-state index contributed by atoms with van der Waals surface area (Å²) in [4.78, 5) is 10.9. The Morgan fingerprint density at radius 3 is 2.47 bits per heavy atom. The van der Waals surface area contributed by atoms with E-state index in [0.717, 1.165) is 16.3 Å². The summed E-state index contributed by atoms with van der Waals surface area (Å²) in [7, 11) is 0. The third kappa shape index (κ3) is 2.01. The molecule has 76 valence electrons. The van der Waals surface area contributed by atoms with Crippen LogP contribution in [0.2, 0.25) is 0 Å². The van der Waals surface area contributed by atoms with Crippen molar-refractivity contribution in [3.05, 3.63) is 48.0 Å². The van der Waals surface area contributed by atoms with Crippen LogP contribution < -0.4 is 5.73 Å². The quantitative estimate of drug-likeness (QED) is 0.789. The number of rotatable bonds is 2. The molecule has 0 amide bonds. The molecule has 2 nitrogen and oxygen atoms in total. The Morgan fingerprint density at radius 1 is 1.13 bits per heavy atom. The first kappa shape index (κ1) is 10.1. The maximum atomic E-state index is 10.9. The summed E-state index contributed by atoms with van der Waals surface area (Å²) >= 11 is 5.35. The molecule has 0 fully saturated rings. The normalized spacial score (nSPS) is 12.7. The van der Waals surface area contributed by atoms with Crippen LogP contribution in [0.5, 0.6) is 0 Å². The highest BCUT2D eigenvalue weighted by molar-refractivity contribution is 6.64. The van der Waals surface area contributed by atoms with Gasteiger partial charge in [0, 0.05) is 0 Å². The highest BCUT2D eigenvalue weighted by Gasteiger charge is 2.12. The molecule has 2 N–H and O–H groups in total. The minimum absolute atomic E-state index is 0.537. The van der Waals surface area contributed by atoms with Crippen molar-refractivity contribution in [3.8, 4) is 0 Å². The molecule has 2 aromatic rings. The van der Waals surface area contributed by atoms with Gasteiger partial charge in [-0.25, -0.2) is 0 Å². The Labute approximate surface area is 92.6 Å². The van der Waals surface area contributed by atoms with Gasteiger partial charge in [0.1, 0.15) is 6.04 Å². The summed E-state index contributed by atoms with van der Waals surface area (Å²) in [5.41, 5.74) is 6.39. The summed E-state index contributed by atoms with van der Waals surface area (Å²) in [5.74, 6) is 0. The fourth-order valence-electron chi connectivity index (χ4n) is 1.53. The number of carbonyl (C=O) groups is 1. The van der Waals surface area contributed by atoms with Crippen molar-refractivity contribution in [1.82, 2.24) is 0 Å². The molecule has 15 heavy (non-hydrogen) atoms. The molecule has 0 heterocycles. The van der Waals surface area contributed by atoms with Crippen LogP contribution in [0.15, 0.2) is 42.5 Å².